The summed E-state index contributed by atoms with van der Waals surface area (Å²) in [6.45, 7) is 5.77. The van der Waals surface area contributed by atoms with Gasteiger partial charge in [-0.05, 0) is 6.07 Å². The molecule has 10 heteroatoms. The van der Waals surface area contributed by atoms with E-state index in [-0.39, 0.29) is 17.7 Å². The Morgan fingerprint density at radius 3 is 2.45 bits per heavy atom. The summed E-state index contributed by atoms with van der Waals surface area (Å²) in [6.07, 6.45) is 3.18. The number of carbonyl (C=O) groups is 2. The molecule has 0 aliphatic rings. The SMILES string of the molecule is CC(C)(C)c1cc(NC(=O)CNC(=O)c2cc(-c3ccccc3)on2)n(-c2ncccn2)n1. The molecule has 2 N–H and O–H groups in total. The van der Waals surface area contributed by atoms with Gasteiger partial charge in [0.1, 0.15) is 5.82 Å². The van der Waals surface area contributed by atoms with Crippen molar-refractivity contribution in [3.63, 3.8) is 0 Å². The first-order valence-electron chi connectivity index (χ1n) is 10.3. The molecule has 3 aromatic heterocycles. The van der Waals surface area contributed by atoms with E-state index in [0.717, 1.165) is 11.3 Å². The molecule has 168 valence electrons. The molecule has 0 atom stereocenters. The Morgan fingerprint density at radius 2 is 1.76 bits per heavy atom. The number of rotatable bonds is 6. The van der Waals surface area contributed by atoms with Crippen LogP contribution >= 0.6 is 0 Å². The summed E-state index contributed by atoms with van der Waals surface area (Å²) in [5.74, 6) is 0.229. The fourth-order valence-corrected chi connectivity index (χ4v) is 2.95. The Bertz CT molecular complexity index is 1260. The zero-order valence-electron chi connectivity index (χ0n) is 18.4. The van der Waals surface area contributed by atoms with E-state index in [4.69, 9.17) is 4.52 Å². The van der Waals surface area contributed by atoms with Crippen molar-refractivity contribution in [1.82, 2.24) is 30.2 Å². The molecule has 0 saturated carbocycles. The Labute approximate surface area is 190 Å². The highest BCUT2D eigenvalue weighted by molar-refractivity contribution is 5.98. The van der Waals surface area contributed by atoms with Crippen LogP contribution in [0.5, 0.6) is 0 Å². The minimum absolute atomic E-state index is 0.0828. The molecule has 0 radical (unpaired) electrons. The standard InChI is InChI=1S/C23H23N7O3/c1-23(2,3)18-13-19(30(28-18)22-24-10-7-11-25-22)27-20(31)14-26-21(32)16-12-17(33-29-16)15-8-5-4-6-9-15/h4-13H,14H2,1-3H3,(H,26,32)(H,27,31). The highest BCUT2D eigenvalue weighted by Crippen LogP contribution is 2.25. The van der Waals surface area contributed by atoms with Gasteiger partial charge in [0.05, 0.1) is 12.2 Å². The van der Waals surface area contributed by atoms with Crippen molar-refractivity contribution in [3.8, 4) is 17.3 Å². The van der Waals surface area contributed by atoms with Crippen LogP contribution < -0.4 is 10.6 Å². The Kier molecular flexibility index (Phi) is 5.99. The van der Waals surface area contributed by atoms with E-state index in [1.807, 2.05) is 51.1 Å². The van der Waals surface area contributed by atoms with Gasteiger partial charge in [0.2, 0.25) is 5.91 Å². The van der Waals surface area contributed by atoms with Crippen LogP contribution in [0.2, 0.25) is 0 Å². The van der Waals surface area contributed by atoms with Gasteiger partial charge in [-0.15, -0.1) is 0 Å². The van der Waals surface area contributed by atoms with E-state index >= 15 is 0 Å². The summed E-state index contributed by atoms with van der Waals surface area (Å²) in [4.78, 5) is 33.4. The molecule has 0 unspecified atom stereocenters. The van der Waals surface area contributed by atoms with Crippen LogP contribution in [0.1, 0.15) is 37.0 Å². The fourth-order valence-electron chi connectivity index (χ4n) is 2.95. The second-order valence-corrected chi connectivity index (χ2v) is 8.30. The summed E-state index contributed by atoms with van der Waals surface area (Å²) in [5, 5.41) is 13.6. The highest BCUT2D eigenvalue weighted by atomic mass is 16.5. The van der Waals surface area contributed by atoms with Gasteiger partial charge in [0.15, 0.2) is 11.5 Å². The summed E-state index contributed by atoms with van der Waals surface area (Å²) >= 11 is 0. The van der Waals surface area contributed by atoms with Crippen molar-refractivity contribution in [2.75, 3.05) is 11.9 Å². The number of hydrogen-bond donors (Lipinski definition) is 2. The molecule has 0 aliphatic carbocycles. The zero-order chi connectivity index (χ0) is 23.4. The molecule has 0 spiro atoms. The molecule has 1 aromatic carbocycles. The van der Waals surface area contributed by atoms with E-state index in [1.54, 1.807) is 24.5 Å². The third-order valence-electron chi connectivity index (χ3n) is 4.70. The summed E-state index contributed by atoms with van der Waals surface area (Å²) in [7, 11) is 0. The number of nitrogens with zero attached hydrogens (tertiary/aromatic N) is 5. The van der Waals surface area contributed by atoms with Crippen molar-refractivity contribution in [2.45, 2.75) is 26.2 Å². The van der Waals surface area contributed by atoms with Gasteiger partial charge in [0.25, 0.3) is 11.9 Å². The molecule has 0 aliphatic heterocycles. The number of benzene rings is 1. The van der Waals surface area contributed by atoms with Gasteiger partial charge in [-0.3, -0.25) is 9.59 Å². The molecule has 10 nitrogen and oxygen atoms in total. The number of amides is 2. The molecule has 3 heterocycles. The maximum absolute atomic E-state index is 12.6. The second kappa shape index (κ2) is 9.03. The van der Waals surface area contributed by atoms with Crippen LogP contribution in [0, 0.1) is 0 Å². The first kappa shape index (κ1) is 21.9. The molecule has 4 rings (SSSR count). The maximum atomic E-state index is 12.6. The molecular weight excluding hydrogens is 422 g/mol. The van der Waals surface area contributed by atoms with Crippen molar-refractivity contribution in [2.24, 2.45) is 0 Å². The van der Waals surface area contributed by atoms with Crippen LogP contribution in [0.4, 0.5) is 5.82 Å². The van der Waals surface area contributed by atoms with Gasteiger partial charge in [-0.2, -0.15) is 9.78 Å². The number of nitrogens with one attached hydrogen (secondary N) is 2. The van der Waals surface area contributed by atoms with E-state index in [2.05, 4.69) is 30.9 Å². The van der Waals surface area contributed by atoms with Gasteiger partial charge < -0.3 is 15.2 Å². The summed E-state index contributed by atoms with van der Waals surface area (Å²) < 4.78 is 6.70. The van der Waals surface area contributed by atoms with Crippen LogP contribution in [-0.4, -0.2) is 43.3 Å². The maximum Gasteiger partial charge on any atom is 0.273 e. The molecular formula is C23H23N7O3. The fraction of sp³-hybridized carbons (Fsp3) is 0.217. The minimum atomic E-state index is -0.522. The normalized spacial score (nSPS) is 11.2. The van der Waals surface area contributed by atoms with Gasteiger partial charge in [-0.1, -0.05) is 56.3 Å². The lowest BCUT2D eigenvalue weighted by molar-refractivity contribution is -0.115. The van der Waals surface area contributed by atoms with Crippen molar-refractivity contribution >= 4 is 17.6 Å². The van der Waals surface area contributed by atoms with E-state index in [1.165, 1.54) is 10.7 Å². The average molecular weight is 445 g/mol. The lowest BCUT2D eigenvalue weighted by Crippen LogP contribution is -2.33. The molecule has 0 saturated heterocycles. The number of carbonyl (C=O) groups excluding carboxylic acids is 2. The van der Waals surface area contributed by atoms with Crippen molar-refractivity contribution in [3.05, 3.63) is 72.3 Å². The number of anilines is 1. The number of hydrogen-bond acceptors (Lipinski definition) is 7. The van der Waals surface area contributed by atoms with Gasteiger partial charge in [0, 0.05) is 35.5 Å². The van der Waals surface area contributed by atoms with Gasteiger partial charge in [-0.25, -0.2) is 9.97 Å². The third-order valence-corrected chi connectivity index (χ3v) is 4.70. The molecule has 33 heavy (non-hydrogen) atoms. The predicted molar refractivity (Wildman–Crippen MR) is 121 cm³/mol. The lowest BCUT2D eigenvalue weighted by Gasteiger charge is -2.13. The van der Waals surface area contributed by atoms with Crippen LogP contribution in [0.15, 0.2) is 65.4 Å². The van der Waals surface area contributed by atoms with Gasteiger partial charge >= 0.3 is 0 Å². The average Bonchev–Trinajstić information content (AvgIpc) is 3.46. The third kappa shape index (κ3) is 5.12. The van der Waals surface area contributed by atoms with Crippen LogP contribution in [0.3, 0.4) is 0 Å². The molecule has 0 fully saturated rings. The van der Waals surface area contributed by atoms with Crippen LogP contribution in [0.25, 0.3) is 17.3 Å². The summed E-state index contributed by atoms with van der Waals surface area (Å²) in [6, 6.07) is 14.3. The monoisotopic (exact) mass is 445 g/mol. The highest BCUT2D eigenvalue weighted by Gasteiger charge is 2.22. The van der Waals surface area contributed by atoms with E-state index in [9.17, 15) is 9.59 Å². The smallest absolute Gasteiger partial charge is 0.273 e. The minimum Gasteiger partial charge on any atom is -0.355 e. The molecule has 4 aromatic rings. The van der Waals surface area contributed by atoms with E-state index in [0.29, 0.717) is 17.5 Å². The van der Waals surface area contributed by atoms with Crippen LogP contribution in [-0.2, 0) is 10.2 Å². The first-order valence-corrected chi connectivity index (χ1v) is 10.3. The first-order chi connectivity index (χ1) is 15.8. The van der Waals surface area contributed by atoms with Crippen molar-refractivity contribution < 1.29 is 14.1 Å². The van der Waals surface area contributed by atoms with Crippen molar-refractivity contribution in [1.29, 1.82) is 0 Å². The Morgan fingerprint density at radius 1 is 1.03 bits per heavy atom. The lowest BCUT2D eigenvalue weighted by atomic mass is 9.92. The summed E-state index contributed by atoms with van der Waals surface area (Å²) in [5.41, 5.74) is 1.38. The topological polar surface area (TPSA) is 128 Å². The number of aromatic nitrogens is 5. The Balaban J connectivity index is 1.43. The quantitative estimate of drug-likeness (QED) is 0.467. The predicted octanol–water partition coefficient (Wildman–Crippen LogP) is 2.98. The Hall–Kier alpha value is -4.34. The zero-order valence-corrected chi connectivity index (χ0v) is 18.4. The largest absolute Gasteiger partial charge is 0.355 e. The van der Waals surface area contributed by atoms with E-state index < -0.39 is 11.8 Å². The second-order valence-electron chi connectivity index (χ2n) is 8.30. The molecule has 2 amide bonds. The molecule has 0 bridgehead atoms.